The molecule has 1 aromatic carbocycles. The van der Waals surface area contributed by atoms with E-state index < -0.39 is 11.6 Å². The van der Waals surface area contributed by atoms with Gasteiger partial charge in [0.2, 0.25) is 0 Å². The summed E-state index contributed by atoms with van der Waals surface area (Å²) < 4.78 is 26.1. The summed E-state index contributed by atoms with van der Waals surface area (Å²) in [6.07, 6.45) is 1.26. The maximum Gasteiger partial charge on any atom is 0.160 e. The molecule has 2 aromatic rings. The van der Waals surface area contributed by atoms with E-state index in [9.17, 15) is 8.78 Å². The number of nitrogens with one attached hydrogen (secondary N) is 1. The highest BCUT2D eigenvalue weighted by atomic mass is 79.9. The summed E-state index contributed by atoms with van der Waals surface area (Å²) in [6.45, 7) is 0. The predicted molar refractivity (Wildman–Crippen MR) is 64.4 cm³/mol. The number of anilines is 2. The molecule has 2 rings (SSSR count). The molecule has 0 unspecified atom stereocenters. The number of rotatable bonds is 2. The Morgan fingerprint density at radius 2 is 1.94 bits per heavy atom. The van der Waals surface area contributed by atoms with Gasteiger partial charge in [0.15, 0.2) is 11.6 Å². The zero-order valence-electron chi connectivity index (χ0n) is 8.22. The molecule has 17 heavy (non-hydrogen) atoms. The van der Waals surface area contributed by atoms with Crippen LogP contribution in [0.1, 0.15) is 0 Å². The van der Waals surface area contributed by atoms with E-state index in [0.29, 0.717) is 16.0 Å². The molecule has 0 saturated heterocycles. The van der Waals surface area contributed by atoms with Gasteiger partial charge in [-0.1, -0.05) is 11.6 Å². The minimum Gasteiger partial charge on any atom is -0.339 e. The smallest absolute Gasteiger partial charge is 0.160 e. The number of aromatic nitrogens is 2. The van der Waals surface area contributed by atoms with Crippen LogP contribution in [0.25, 0.3) is 0 Å². The topological polar surface area (TPSA) is 37.8 Å². The number of hydrogen-bond acceptors (Lipinski definition) is 3. The SMILES string of the molecule is Fc1ccc(Nc2ncnc(Cl)c2Br)cc1F. The zero-order chi connectivity index (χ0) is 12.4. The Morgan fingerprint density at radius 1 is 1.18 bits per heavy atom. The summed E-state index contributed by atoms with van der Waals surface area (Å²) in [7, 11) is 0. The van der Waals surface area contributed by atoms with Crippen LogP contribution in [0, 0.1) is 11.6 Å². The van der Waals surface area contributed by atoms with E-state index in [2.05, 4.69) is 31.2 Å². The highest BCUT2D eigenvalue weighted by Gasteiger charge is 2.08. The Balaban J connectivity index is 2.31. The molecular weight excluding hydrogens is 315 g/mol. The van der Waals surface area contributed by atoms with Gasteiger partial charge < -0.3 is 5.32 Å². The normalized spacial score (nSPS) is 10.4. The maximum absolute atomic E-state index is 13.0. The van der Waals surface area contributed by atoms with Gasteiger partial charge in [-0.15, -0.1) is 0 Å². The fourth-order valence-corrected chi connectivity index (χ4v) is 1.58. The van der Waals surface area contributed by atoms with Gasteiger partial charge in [0.25, 0.3) is 0 Å². The fourth-order valence-electron chi connectivity index (χ4n) is 1.15. The van der Waals surface area contributed by atoms with Crippen molar-refractivity contribution in [3.8, 4) is 0 Å². The number of nitrogens with zero attached hydrogens (tertiary/aromatic N) is 2. The maximum atomic E-state index is 13.0. The van der Waals surface area contributed by atoms with Crippen LogP contribution in [0.5, 0.6) is 0 Å². The molecule has 0 saturated carbocycles. The van der Waals surface area contributed by atoms with E-state index in [4.69, 9.17) is 11.6 Å². The van der Waals surface area contributed by atoms with Crippen LogP contribution in [0.3, 0.4) is 0 Å². The molecule has 1 N–H and O–H groups in total. The van der Waals surface area contributed by atoms with E-state index in [1.807, 2.05) is 0 Å². The Hall–Kier alpha value is -1.27. The van der Waals surface area contributed by atoms with Crippen molar-refractivity contribution in [1.29, 1.82) is 0 Å². The van der Waals surface area contributed by atoms with Crippen molar-refractivity contribution in [1.82, 2.24) is 9.97 Å². The van der Waals surface area contributed by atoms with Gasteiger partial charge >= 0.3 is 0 Å². The molecule has 0 aliphatic heterocycles. The molecule has 1 aromatic heterocycles. The molecule has 0 bridgehead atoms. The van der Waals surface area contributed by atoms with Gasteiger partial charge in [0.1, 0.15) is 17.3 Å². The number of hydrogen-bond donors (Lipinski definition) is 1. The molecule has 0 amide bonds. The van der Waals surface area contributed by atoms with Crippen molar-refractivity contribution in [3.63, 3.8) is 0 Å². The average Bonchev–Trinajstić information content (AvgIpc) is 2.30. The van der Waals surface area contributed by atoms with Gasteiger partial charge in [0, 0.05) is 11.8 Å². The summed E-state index contributed by atoms with van der Waals surface area (Å²) in [5, 5.41) is 3.02. The monoisotopic (exact) mass is 319 g/mol. The van der Waals surface area contributed by atoms with E-state index >= 15 is 0 Å². The Kier molecular flexibility index (Phi) is 3.54. The Labute approximate surface area is 109 Å². The van der Waals surface area contributed by atoms with Crippen LogP contribution in [-0.2, 0) is 0 Å². The van der Waals surface area contributed by atoms with Gasteiger partial charge in [-0.2, -0.15) is 0 Å². The lowest BCUT2D eigenvalue weighted by Crippen LogP contribution is -1.97. The number of benzene rings is 1. The van der Waals surface area contributed by atoms with Gasteiger partial charge in [-0.05, 0) is 28.1 Å². The molecule has 0 aliphatic rings. The summed E-state index contributed by atoms with van der Waals surface area (Å²) in [5.74, 6) is -1.47. The third-order valence-electron chi connectivity index (χ3n) is 1.93. The minimum atomic E-state index is -0.939. The standard InChI is InChI=1S/C10H5BrClF2N3/c11-8-9(12)15-4-16-10(8)17-5-1-2-6(13)7(14)3-5/h1-4H,(H,15,16,17). The molecule has 7 heteroatoms. The largest absolute Gasteiger partial charge is 0.339 e. The highest BCUT2D eigenvalue weighted by molar-refractivity contribution is 9.10. The minimum absolute atomic E-state index is 0.227. The predicted octanol–water partition coefficient (Wildman–Crippen LogP) is 3.91. The first kappa shape index (κ1) is 12.2. The van der Waals surface area contributed by atoms with Crippen LogP contribution in [0.4, 0.5) is 20.3 Å². The van der Waals surface area contributed by atoms with Crippen LogP contribution in [0.2, 0.25) is 5.15 Å². The van der Waals surface area contributed by atoms with E-state index in [0.717, 1.165) is 12.1 Å². The second-order valence-electron chi connectivity index (χ2n) is 3.08. The van der Waals surface area contributed by atoms with Gasteiger partial charge in [-0.3, -0.25) is 0 Å². The summed E-state index contributed by atoms with van der Waals surface area (Å²) >= 11 is 8.95. The molecule has 0 fully saturated rings. The van der Waals surface area contributed by atoms with Crippen LogP contribution < -0.4 is 5.32 Å². The van der Waals surface area contributed by atoms with E-state index in [-0.39, 0.29) is 5.15 Å². The summed E-state index contributed by atoms with van der Waals surface area (Å²) in [5.41, 5.74) is 0.361. The second kappa shape index (κ2) is 4.93. The average molecular weight is 321 g/mol. The molecule has 1 heterocycles. The molecule has 0 spiro atoms. The fraction of sp³-hybridized carbons (Fsp3) is 0. The first-order chi connectivity index (χ1) is 8.08. The summed E-state index contributed by atoms with van der Waals surface area (Å²) in [4.78, 5) is 7.66. The molecule has 0 radical (unpaired) electrons. The van der Waals surface area contributed by atoms with E-state index in [1.54, 1.807) is 0 Å². The quantitative estimate of drug-likeness (QED) is 0.852. The third kappa shape index (κ3) is 2.70. The highest BCUT2D eigenvalue weighted by Crippen LogP contribution is 2.28. The number of halogens is 4. The Bertz CT molecular complexity index is 565. The third-order valence-corrected chi connectivity index (χ3v) is 3.20. The van der Waals surface area contributed by atoms with Gasteiger partial charge in [0.05, 0.1) is 4.47 Å². The van der Waals surface area contributed by atoms with Crippen molar-refractivity contribution in [2.75, 3.05) is 5.32 Å². The molecule has 88 valence electrons. The van der Waals surface area contributed by atoms with Crippen LogP contribution in [-0.4, -0.2) is 9.97 Å². The van der Waals surface area contributed by atoms with Crippen molar-refractivity contribution < 1.29 is 8.78 Å². The molecule has 0 atom stereocenters. The first-order valence-corrected chi connectivity index (χ1v) is 5.63. The van der Waals surface area contributed by atoms with Crippen molar-refractivity contribution in [3.05, 3.63) is 45.8 Å². The van der Waals surface area contributed by atoms with Crippen molar-refractivity contribution in [2.45, 2.75) is 0 Å². The van der Waals surface area contributed by atoms with Crippen molar-refractivity contribution >= 4 is 39.0 Å². The lowest BCUT2D eigenvalue weighted by molar-refractivity contribution is 0.509. The van der Waals surface area contributed by atoms with Crippen LogP contribution >= 0.6 is 27.5 Å². The first-order valence-electron chi connectivity index (χ1n) is 4.46. The second-order valence-corrected chi connectivity index (χ2v) is 4.23. The van der Waals surface area contributed by atoms with E-state index in [1.165, 1.54) is 12.4 Å². The Morgan fingerprint density at radius 3 is 2.65 bits per heavy atom. The molecule has 3 nitrogen and oxygen atoms in total. The molecular formula is C10H5BrClF2N3. The zero-order valence-corrected chi connectivity index (χ0v) is 10.6. The molecule has 0 aliphatic carbocycles. The van der Waals surface area contributed by atoms with Crippen molar-refractivity contribution in [2.24, 2.45) is 0 Å². The van der Waals surface area contributed by atoms with Gasteiger partial charge in [-0.25, -0.2) is 18.7 Å². The summed E-state index contributed by atoms with van der Waals surface area (Å²) in [6, 6.07) is 3.44. The lowest BCUT2D eigenvalue weighted by atomic mass is 10.3. The van der Waals surface area contributed by atoms with Crippen LogP contribution in [0.15, 0.2) is 29.0 Å². The lowest BCUT2D eigenvalue weighted by Gasteiger charge is -2.07.